The molecule has 2 saturated heterocycles. The minimum atomic E-state index is -0.572. The summed E-state index contributed by atoms with van der Waals surface area (Å²) in [5, 5.41) is 11.4. The number of nitrogens with zero attached hydrogens (tertiary/aromatic N) is 2. The number of halogens is 1. The van der Waals surface area contributed by atoms with Crippen LogP contribution < -0.4 is 4.74 Å². The maximum Gasteiger partial charge on any atom is 0.246 e. The molecule has 0 spiro atoms. The fraction of sp³-hybridized carbons (Fsp3) is 0.464. The summed E-state index contributed by atoms with van der Waals surface area (Å²) in [6.45, 7) is 6.54. The monoisotopic (exact) mass is 482 g/mol. The topological polar surface area (TPSA) is 53.0 Å². The number of piperidine rings is 1. The quantitative estimate of drug-likeness (QED) is 0.543. The van der Waals surface area contributed by atoms with Gasteiger partial charge in [-0.2, -0.15) is 0 Å². The maximum atomic E-state index is 12.3. The number of aliphatic hydroxyl groups excluding tert-OH is 1. The Bertz CT molecular complexity index is 995. The zero-order valence-electron chi connectivity index (χ0n) is 20.0. The molecule has 5 nitrogen and oxygen atoms in total. The second kappa shape index (κ2) is 11.9. The summed E-state index contributed by atoms with van der Waals surface area (Å²) >= 11 is 6.11. The molecule has 2 fully saturated rings. The molecule has 4 rings (SSSR count). The molecule has 0 radical (unpaired) electrons. The molecule has 1 unspecified atom stereocenters. The van der Waals surface area contributed by atoms with Gasteiger partial charge < -0.3 is 19.6 Å². The maximum absolute atomic E-state index is 12.3. The first-order chi connectivity index (χ1) is 16.5. The Hall–Kier alpha value is -2.34. The van der Waals surface area contributed by atoms with Gasteiger partial charge in [-0.1, -0.05) is 35.9 Å². The normalized spacial score (nSPS) is 18.5. The molecule has 182 valence electrons. The number of benzene rings is 2. The smallest absolute Gasteiger partial charge is 0.246 e. The van der Waals surface area contributed by atoms with Crippen LogP contribution in [0.4, 0.5) is 0 Å². The van der Waals surface area contributed by atoms with Crippen molar-refractivity contribution in [1.82, 2.24) is 9.80 Å². The van der Waals surface area contributed by atoms with Gasteiger partial charge in [0.15, 0.2) is 0 Å². The first-order valence-corrected chi connectivity index (χ1v) is 12.7. The van der Waals surface area contributed by atoms with E-state index < -0.39 is 6.10 Å². The highest BCUT2D eigenvalue weighted by Crippen LogP contribution is 2.31. The fourth-order valence-electron chi connectivity index (χ4n) is 5.01. The van der Waals surface area contributed by atoms with Crippen LogP contribution in [-0.2, 0) is 4.79 Å². The van der Waals surface area contributed by atoms with Crippen LogP contribution in [0.15, 0.2) is 48.5 Å². The first kappa shape index (κ1) is 24.8. The Morgan fingerprint density at radius 3 is 2.62 bits per heavy atom. The summed E-state index contributed by atoms with van der Waals surface area (Å²) in [5.41, 5.74) is 3.50. The van der Waals surface area contributed by atoms with Crippen molar-refractivity contribution >= 4 is 23.6 Å². The molecule has 34 heavy (non-hydrogen) atoms. The van der Waals surface area contributed by atoms with Gasteiger partial charge >= 0.3 is 0 Å². The molecular formula is C28H35ClN2O3. The van der Waals surface area contributed by atoms with Gasteiger partial charge in [-0.15, -0.1) is 0 Å². The number of amides is 1. The molecule has 2 aliphatic rings. The standard InChI is InChI=1S/C28H35ClN2O3/c1-21-18-24(29)9-10-26(21)22-12-16-30(17-13-22)19-25(32)20-34-27-7-3-2-6-23(27)8-11-28(33)31-14-4-5-15-31/h2-3,6-11,18,22,25,32H,4-5,12-17,19-20H2,1H3. The summed E-state index contributed by atoms with van der Waals surface area (Å²) in [4.78, 5) is 16.5. The minimum absolute atomic E-state index is 0.0459. The molecule has 1 N–H and O–H groups in total. The van der Waals surface area contributed by atoms with E-state index in [4.69, 9.17) is 16.3 Å². The molecular weight excluding hydrogens is 448 g/mol. The number of aryl methyl sites for hydroxylation is 1. The predicted octanol–water partition coefficient (Wildman–Crippen LogP) is 4.90. The summed E-state index contributed by atoms with van der Waals surface area (Å²) in [5.74, 6) is 1.28. The van der Waals surface area contributed by atoms with E-state index in [2.05, 4.69) is 17.9 Å². The minimum Gasteiger partial charge on any atom is -0.490 e. The van der Waals surface area contributed by atoms with Crippen molar-refractivity contribution in [2.45, 2.75) is 44.6 Å². The average Bonchev–Trinajstić information content (AvgIpc) is 3.38. The van der Waals surface area contributed by atoms with Gasteiger partial charge in [-0.05, 0) is 87.0 Å². The molecule has 6 heteroatoms. The van der Waals surface area contributed by atoms with Crippen LogP contribution in [0.3, 0.4) is 0 Å². The van der Waals surface area contributed by atoms with E-state index in [-0.39, 0.29) is 12.5 Å². The van der Waals surface area contributed by atoms with E-state index in [0.717, 1.165) is 62.4 Å². The number of carbonyl (C=O) groups is 1. The Morgan fingerprint density at radius 1 is 1.15 bits per heavy atom. The van der Waals surface area contributed by atoms with E-state index >= 15 is 0 Å². The predicted molar refractivity (Wildman–Crippen MR) is 137 cm³/mol. The second-order valence-corrected chi connectivity index (χ2v) is 9.88. The Balaban J connectivity index is 1.24. The van der Waals surface area contributed by atoms with Crippen LogP contribution in [0, 0.1) is 6.92 Å². The summed E-state index contributed by atoms with van der Waals surface area (Å²) in [7, 11) is 0. The summed E-state index contributed by atoms with van der Waals surface area (Å²) in [6, 6.07) is 13.8. The van der Waals surface area contributed by atoms with E-state index in [1.807, 2.05) is 47.4 Å². The largest absolute Gasteiger partial charge is 0.490 e. The van der Waals surface area contributed by atoms with Crippen molar-refractivity contribution in [3.05, 3.63) is 70.3 Å². The van der Waals surface area contributed by atoms with Crippen LogP contribution in [-0.4, -0.2) is 66.2 Å². The second-order valence-electron chi connectivity index (χ2n) is 9.44. The van der Waals surface area contributed by atoms with Gasteiger partial charge in [0.1, 0.15) is 18.5 Å². The van der Waals surface area contributed by atoms with E-state index in [0.29, 0.717) is 18.2 Å². The molecule has 2 aliphatic heterocycles. The number of likely N-dealkylation sites (tertiary alicyclic amines) is 2. The molecule has 0 saturated carbocycles. The summed E-state index contributed by atoms with van der Waals surface area (Å²) in [6.07, 6.45) is 7.17. The molecule has 0 bridgehead atoms. The molecule has 1 amide bonds. The number of carbonyl (C=O) groups excluding carboxylic acids is 1. The zero-order chi connectivity index (χ0) is 23.9. The lowest BCUT2D eigenvalue weighted by atomic mass is 9.87. The number of hydrogen-bond donors (Lipinski definition) is 1. The third-order valence-corrected chi connectivity index (χ3v) is 7.14. The number of hydrogen-bond acceptors (Lipinski definition) is 4. The molecule has 1 atom stereocenters. The Labute approximate surface area is 208 Å². The highest BCUT2D eigenvalue weighted by Gasteiger charge is 2.23. The SMILES string of the molecule is Cc1cc(Cl)ccc1C1CCN(CC(O)COc2ccccc2C=CC(=O)N2CCCC2)CC1. The Morgan fingerprint density at radius 2 is 1.88 bits per heavy atom. The zero-order valence-corrected chi connectivity index (χ0v) is 20.7. The van der Waals surface area contributed by atoms with Gasteiger partial charge in [-0.3, -0.25) is 4.79 Å². The van der Waals surface area contributed by atoms with Crippen LogP contribution in [0.5, 0.6) is 5.75 Å². The lowest BCUT2D eigenvalue weighted by Gasteiger charge is -2.34. The number of ether oxygens (including phenoxy) is 1. The molecule has 2 aromatic rings. The summed E-state index contributed by atoms with van der Waals surface area (Å²) < 4.78 is 5.95. The lowest BCUT2D eigenvalue weighted by Crippen LogP contribution is -2.40. The van der Waals surface area contributed by atoms with Gasteiger partial charge in [0.05, 0.1) is 0 Å². The Kier molecular flexibility index (Phi) is 8.65. The van der Waals surface area contributed by atoms with Gasteiger partial charge in [-0.25, -0.2) is 0 Å². The highest BCUT2D eigenvalue weighted by atomic mass is 35.5. The highest BCUT2D eigenvalue weighted by molar-refractivity contribution is 6.30. The van der Waals surface area contributed by atoms with Crippen LogP contribution in [0.1, 0.15) is 48.3 Å². The molecule has 2 aromatic carbocycles. The van der Waals surface area contributed by atoms with Crippen molar-refractivity contribution < 1.29 is 14.6 Å². The number of para-hydroxylation sites is 1. The molecule has 0 aromatic heterocycles. The van der Waals surface area contributed by atoms with Gasteiger partial charge in [0, 0.05) is 36.3 Å². The van der Waals surface area contributed by atoms with Crippen molar-refractivity contribution in [2.75, 3.05) is 39.3 Å². The third kappa shape index (κ3) is 6.62. The number of β-amino-alcohol motifs (C(OH)–C–C–N with tert-alkyl or cyclic N) is 1. The van der Waals surface area contributed by atoms with E-state index in [9.17, 15) is 9.90 Å². The van der Waals surface area contributed by atoms with Crippen LogP contribution in [0.25, 0.3) is 6.08 Å². The molecule has 0 aliphatic carbocycles. The van der Waals surface area contributed by atoms with Gasteiger partial charge in [0.25, 0.3) is 0 Å². The van der Waals surface area contributed by atoms with Crippen molar-refractivity contribution in [3.8, 4) is 5.75 Å². The molecule has 2 heterocycles. The van der Waals surface area contributed by atoms with E-state index in [1.165, 1.54) is 11.1 Å². The number of aliphatic hydroxyl groups is 1. The first-order valence-electron chi connectivity index (χ1n) is 12.3. The van der Waals surface area contributed by atoms with Crippen molar-refractivity contribution in [3.63, 3.8) is 0 Å². The number of rotatable bonds is 8. The third-order valence-electron chi connectivity index (χ3n) is 6.90. The average molecular weight is 483 g/mol. The van der Waals surface area contributed by atoms with Crippen molar-refractivity contribution in [2.24, 2.45) is 0 Å². The van der Waals surface area contributed by atoms with Crippen molar-refractivity contribution in [1.29, 1.82) is 0 Å². The van der Waals surface area contributed by atoms with Crippen LogP contribution in [0.2, 0.25) is 5.02 Å². The van der Waals surface area contributed by atoms with Crippen LogP contribution >= 0.6 is 11.6 Å². The van der Waals surface area contributed by atoms with E-state index in [1.54, 1.807) is 6.08 Å². The van der Waals surface area contributed by atoms with Gasteiger partial charge in [0.2, 0.25) is 5.91 Å². The fourth-order valence-corrected chi connectivity index (χ4v) is 5.24. The lowest BCUT2D eigenvalue weighted by molar-refractivity contribution is -0.124.